The summed E-state index contributed by atoms with van der Waals surface area (Å²) in [6.45, 7) is 5.60. The lowest BCUT2D eigenvalue weighted by Crippen LogP contribution is -2.77. The molecule has 1 fully saturated rings. The minimum atomic E-state index is -4.44. The van der Waals surface area contributed by atoms with Crippen molar-refractivity contribution in [1.82, 2.24) is 0 Å². The zero-order valence-corrected chi connectivity index (χ0v) is 15.0. The third-order valence-corrected chi connectivity index (χ3v) is 11.0. The quantitative estimate of drug-likeness (QED) is 0.435. The minimum absolute atomic E-state index is 0.241. The Hall–Kier alpha value is -0.253. The van der Waals surface area contributed by atoms with E-state index in [0.717, 1.165) is 0 Å². The Morgan fingerprint density at radius 1 is 1.33 bits per heavy atom. The monoisotopic (exact) mass is 338 g/mol. The summed E-state index contributed by atoms with van der Waals surface area (Å²) in [6.07, 6.45) is 3.17. The minimum Gasteiger partial charge on any atom is -0.396 e. The average Bonchev–Trinajstić information content (AvgIpc) is 2.46. The van der Waals surface area contributed by atoms with E-state index in [1.165, 1.54) is 27.4 Å². The number of ether oxygens (including phenoxy) is 1. The van der Waals surface area contributed by atoms with Crippen molar-refractivity contribution in [3.05, 3.63) is 12.7 Å². The summed E-state index contributed by atoms with van der Waals surface area (Å²) >= 11 is 0. The van der Waals surface area contributed by atoms with E-state index in [-0.39, 0.29) is 6.42 Å². The molecule has 0 aliphatic carbocycles. The van der Waals surface area contributed by atoms with Crippen LogP contribution in [0.2, 0.25) is 6.04 Å². The van der Waals surface area contributed by atoms with Crippen LogP contribution in [0.1, 0.15) is 32.6 Å². The van der Waals surface area contributed by atoms with Gasteiger partial charge in [-0.25, -0.2) is 0 Å². The maximum Gasteiger partial charge on any atom is 0.372 e. The normalized spacial score (nSPS) is 32.8. The summed E-state index contributed by atoms with van der Waals surface area (Å²) in [6, 6.07) is 0.610. The molecule has 0 amide bonds. The lowest BCUT2D eigenvalue weighted by Gasteiger charge is -2.56. The Labute approximate surface area is 128 Å². The number of hydrogen-bond donors (Lipinski definition) is 1. The molecule has 1 N–H and O–H groups in total. The molecule has 1 aliphatic heterocycles. The standard InChI is InChI=1S/C13H26O6SSi/c1-6-9-13(17-3)12(7-2,20(14,15)16)10-8-11-21(13,18-4)19-5/h7H,2,6,8-11H2,1,3-5H3,(H,14,15,16). The maximum absolute atomic E-state index is 12.2. The van der Waals surface area contributed by atoms with Gasteiger partial charge in [0.15, 0.2) is 0 Å². The van der Waals surface area contributed by atoms with E-state index >= 15 is 0 Å². The number of methoxy groups -OCH3 is 1. The molecule has 0 spiro atoms. The fourth-order valence-corrected chi connectivity index (χ4v) is 9.98. The SMILES string of the molecule is C=CC1(S(=O)(=O)O)CCC[Si](OC)(OC)C1(CCC)OC. The summed E-state index contributed by atoms with van der Waals surface area (Å²) < 4.78 is 49.9. The number of hydrogen-bond acceptors (Lipinski definition) is 5. The van der Waals surface area contributed by atoms with Crippen molar-refractivity contribution < 1.29 is 26.6 Å². The lowest BCUT2D eigenvalue weighted by molar-refractivity contribution is -0.0319. The van der Waals surface area contributed by atoms with Crippen LogP contribution < -0.4 is 0 Å². The van der Waals surface area contributed by atoms with Gasteiger partial charge >= 0.3 is 8.56 Å². The molecule has 2 atom stereocenters. The molecule has 1 aliphatic rings. The van der Waals surface area contributed by atoms with Crippen LogP contribution in [0.5, 0.6) is 0 Å². The summed E-state index contributed by atoms with van der Waals surface area (Å²) in [5.41, 5.74) is 0. The highest BCUT2D eigenvalue weighted by Gasteiger charge is 2.73. The summed E-state index contributed by atoms with van der Waals surface area (Å²) in [5.74, 6) is 0. The third-order valence-electron chi connectivity index (χ3n) is 4.75. The highest BCUT2D eigenvalue weighted by atomic mass is 32.2. The highest BCUT2D eigenvalue weighted by molar-refractivity contribution is 7.87. The molecule has 6 nitrogen and oxygen atoms in total. The maximum atomic E-state index is 12.2. The van der Waals surface area contributed by atoms with Crippen molar-refractivity contribution >= 4 is 18.7 Å². The van der Waals surface area contributed by atoms with Gasteiger partial charge in [-0.3, -0.25) is 4.55 Å². The molecule has 8 heteroatoms. The van der Waals surface area contributed by atoms with Crippen LogP contribution in [0.25, 0.3) is 0 Å². The molecular weight excluding hydrogens is 312 g/mol. The van der Waals surface area contributed by atoms with Crippen LogP contribution in [0, 0.1) is 0 Å². The first kappa shape index (κ1) is 18.8. The van der Waals surface area contributed by atoms with E-state index in [0.29, 0.717) is 25.3 Å². The van der Waals surface area contributed by atoms with Crippen LogP contribution in [0.4, 0.5) is 0 Å². The molecule has 0 radical (unpaired) electrons. The fraction of sp³-hybridized carbons (Fsp3) is 0.846. The van der Waals surface area contributed by atoms with Gasteiger partial charge in [0.2, 0.25) is 0 Å². The highest BCUT2D eigenvalue weighted by Crippen LogP contribution is 2.52. The molecule has 1 saturated heterocycles. The van der Waals surface area contributed by atoms with Gasteiger partial charge in [-0.2, -0.15) is 8.42 Å². The smallest absolute Gasteiger partial charge is 0.372 e. The van der Waals surface area contributed by atoms with Gasteiger partial charge in [-0.1, -0.05) is 19.4 Å². The van der Waals surface area contributed by atoms with Gasteiger partial charge in [-0.15, -0.1) is 6.58 Å². The van der Waals surface area contributed by atoms with E-state index in [1.54, 1.807) is 0 Å². The molecule has 1 rings (SSSR count). The Kier molecular flexibility index (Phi) is 5.79. The first-order valence-corrected chi connectivity index (χ1v) is 10.5. The topological polar surface area (TPSA) is 82.1 Å². The fourth-order valence-electron chi connectivity index (χ4n) is 3.82. The molecule has 1 heterocycles. The molecule has 2 unspecified atom stereocenters. The van der Waals surface area contributed by atoms with Crippen LogP contribution in [0.3, 0.4) is 0 Å². The van der Waals surface area contributed by atoms with E-state index in [1.807, 2.05) is 6.92 Å². The molecule has 0 aromatic rings. The zero-order chi connectivity index (χ0) is 16.4. The van der Waals surface area contributed by atoms with Gasteiger partial charge in [0, 0.05) is 21.3 Å². The van der Waals surface area contributed by atoms with Crippen molar-refractivity contribution in [2.75, 3.05) is 21.3 Å². The van der Waals surface area contributed by atoms with E-state index in [4.69, 9.17) is 13.6 Å². The van der Waals surface area contributed by atoms with Crippen LogP contribution in [-0.4, -0.2) is 52.8 Å². The second-order valence-electron chi connectivity index (χ2n) is 5.36. The number of rotatable bonds is 7. The lowest BCUT2D eigenvalue weighted by atomic mass is 9.91. The Morgan fingerprint density at radius 3 is 2.24 bits per heavy atom. The van der Waals surface area contributed by atoms with Gasteiger partial charge in [0.1, 0.15) is 9.97 Å². The second kappa shape index (κ2) is 6.47. The van der Waals surface area contributed by atoms with Crippen molar-refractivity contribution in [2.24, 2.45) is 0 Å². The average molecular weight is 338 g/mol. The molecule has 21 heavy (non-hydrogen) atoms. The van der Waals surface area contributed by atoms with Crippen molar-refractivity contribution in [1.29, 1.82) is 0 Å². The first-order chi connectivity index (χ1) is 9.76. The largest absolute Gasteiger partial charge is 0.396 e. The van der Waals surface area contributed by atoms with Gasteiger partial charge in [-0.05, 0) is 25.3 Å². The van der Waals surface area contributed by atoms with Crippen molar-refractivity contribution in [3.8, 4) is 0 Å². The van der Waals surface area contributed by atoms with Crippen molar-refractivity contribution in [2.45, 2.75) is 48.6 Å². The molecule has 0 saturated carbocycles. The Bertz CT molecular complexity index is 475. The molecule has 124 valence electrons. The first-order valence-electron chi connectivity index (χ1n) is 7.02. The van der Waals surface area contributed by atoms with Crippen LogP contribution in [-0.2, 0) is 23.7 Å². The van der Waals surface area contributed by atoms with Gasteiger partial charge in [0.05, 0.1) is 0 Å². The molecular formula is C13H26O6SSi. The van der Waals surface area contributed by atoms with Crippen LogP contribution >= 0.6 is 0 Å². The summed E-state index contributed by atoms with van der Waals surface area (Å²) in [5, 5.41) is -1.23. The van der Waals surface area contributed by atoms with Crippen LogP contribution in [0.15, 0.2) is 12.7 Å². The Morgan fingerprint density at radius 2 is 1.90 bits per heavy atom. The second-order valence-corrected chi connectivity index (χ2v) is 10.7. The zero-order valence-electron chi connectivity index (χ0n) is 13.2. The predicted octanol–water partition coefficient (Wildman–Crippen LogP) is 2.05. The Balaban J connectivity index is 3.73. The summed E-state index contributed by atoms with van der Waals surface area (Å²) in [4.78, 5) is 0. The third kappa shape index (κ3) is 2.42. The predicted molar refractivity (Wildman–Crippen MR) is 82.9 cm³/mol. The van der Waals surface area contributed by atoms with Crippen molar-refractivity contribution in [3.63, 3.8) is 0 Å². The molecule has 0 bridgehead atoms. The molecule has 0 aromatic heterocycles. The van der Waals surface area contributed by atoms with E-state index in [2.05, 4.69) is 6.58 Å². The van der Waals surface area contributed by atoms with E-state index in [9.17, 15) is 13.0 Å². The van der Waals surface area contributed by atoms with E-state index < -0.39 is 28.7 Å². The molecule has 0 aromatic carbocycles. The van der Waals surface area contributed by atoms with Gasteiger partial charge < -0.3 is 13.6 Å². The van der Waals surface area contributed by atoms with Gasteiger partial charge in [0.25, 0.3) is 10.1 Å². The summed E-state index contributed by atoms with van der Waals surface area (Å²) in [7, 11) is -2.99.